The molecule has 0 amide bonds. The second kappa shape index (κ2) is 3.39. The zero-order valence-corrected chi connectivity index (χ0v) is 5.92. The van der Waals surface area contributed by atoms with Crippen molar-refractivity contribution in [3.05, 3.63) is 11.5 Å². The Morgan fingerprint density at radius 1 is 1.43 bits per heavy atom. The molecule has 0 aliphatic carbocycles. The number of rotatable bonds is 1. The lowest BCUT2D eigenvalue weighted by Gasteiger charge is -1.84. The predicted molar refractivity (Wildman–Crippen MR) is 36.9 cm³/mol. The highest BCUT2D eigenvalue weighted by Crippen LogP contribution is 2.00. The maximum atomic E-state index is 5.36. The molecule has 0 saturated heterocycles. The molecule has 0 rings (SSSR count). The minimum Gasteiger partial charge on any atom is -0.165 e. The smallest absolute Gasteiger partial charge is 0.165 e. The first kappa shape index (κ1) is 7.38. The van der Waals surface area contributed by atoms with Gasteiger partial charge < -0.3 is 0 Å². The van der Waals surface area contributed by atoms with Crippen LogP contribution in [0.25, 0.3) is 0 Å². The van der Waals surface area contributed by atoms with Crippen molar-refractivity contribution in [3.8, 4) is 0 Å². The van der Waals surface area contributed by atoms with Crippen molar-refractivity contribution in [1.82, 2.24) is 0 Å². The van der Waals surface area contributed by atoms with Crippen LogP contribution in [0.1, 0.15) is 13.8 Å². The minimum atomic E-state index is -0.343. The van der Waals surface area contributed by atoms with Gasteiger partial charge in [-0.1, -0.05) is 11.5 Å². The first-order chi connectivity index (χ1) is 3.13. The van der Waals surface area contributed by atoms with Gasteiger partial charge in [-0.2, -0.15) is 22.9 Å². The summed E-state index contributed by atoms with van der Waals surface area (Å²) in [5.74, 6) is 1.78. The number of halogens is 2. The fraction of sp³-hybridized carbons (Fsp3) is 0.500. The molecule has 40 valence electrons. The van der Waals surface area contributed by atoms with Gasteiger partial charge in [-0.25, -0.2) is 0 Å². The van der Waals surface area contributed by atoms with Gasteiger partial charge in [-0.05, 0) is 13.8 Å². The van der Waals surface area contributed by atoms with Gasteiger partial charge in [0, 0.05) is 0 Å². The summed E-state index contributed by atoms with van der Waals surface area (Å²) >= 11 is 10.7. The average molecular weight is 137 g/mol. The van der Waals surface area contributed by atoms with Crippen molar-refractivity contribution in [1.29, 1.82) is 0 Å². The first-order valence-electron chi connectivity index (χ1n) is 2.06. The molecule has 0 heterocycles. The zero-order valence-electron chi connectivity index (χ0n) is 4.41. The van der Waals surface area contributed by atoms with E-state index in [1.165, 1.54) is 0 Å². The van der Waals surface area contributed by atoms with Crippen molar-refractivity contribution in [2.45, 2.75) is 13.8 Å². The maximum Gasteiger partial charge on any atom is 0.375 e. The fourth-order valence-electron chi connectivity index (χ4n) is 0.252. The molecule has 0 atom stereocenters. The molecule has 0 aromatic rings. The summed E-state index contributed by atoms with van der Waals surface area (Å²) in [6, 6.07) is 0. The Balaban J connectivity index is 3.45. The molecular formula is C4H7BCl2. The quantitative estimate of drug-likeness (QED) is 0.486. The summed E-state index contributed by atoms with van der Waals surface area (Å²) < 4.78 is 0. The molecule has 0 radical (unpaired) electrons. The van der Waals surface area contributed by atoms with Gasteiger partial charge in [0.05, 0.1) is 0 Å². The number of hydrogen-bond donors (Lipinski definition) is 0. The molecular weight excluding hydrogens is 130 g/mol. The summed E-state index contributed by atoms with van der Waals surface area (Å²) in [6.07, 6.45) is 0. The second-order valence-corrected chi connectivity index (χ2v) is 2.74. The summed E-state index contributed by atoms with van der Waals surface area (Å²) in [7, 11) is 0. The third kappa shape index (κ3) is 6.38. The Morgan fingerprint density at radius 3 is 1.86 bits per heavy atom. The summed E-state index contributed by atoms with van der Waals surface area (Å²) in [5, 5.41) is 0. The van der Waals surface area contributed by atoms with Crippen LogP contribution in [-0.4, -0.2) is 5.54 Å². The van der Waals surface area contributed by atoms with Crippen molar-refractivity contribution >= 4 is 28.5 Å². The molecule has 7 heavy (non-hydrogen) atoms. The van der Waals surface area contributed by atoms with Gasteiger partial charge >= 0.3 is 5.54 Å². The lowest BCUT2D eigenvalue weighted by molar-refractivity contribution is 1.41. The Morgan fingerprint density at radius 2 is 1.86 bits per heavy atom. The molecule has 0 bridgehead atoms. The van der Waals surface area contributed by atoms with Crippen LogP contribution in [0.4, 0.5) is 0 Å². The SMILES string of the molecule is CC(C)=CB(Cl)Cl. The van der Waals surface area contributed by atoms with Gasteiger partial charge in [0.2, 0.25) is 0 Å². The normalized spacial score (nSPS) is 8.00. The summed E-state index contributed by atoms with van der Waals surface area (Å²) in [5.41, 5.74) is 0.806. The summed E-state index contributed by atoms with van der Waals surface area (Å²) in [6.45, 7) is 3.91. The molecule has 0 aliphatic heterocycles. The first-order valence-corrected chi connectivity index (χ1v) is 2.93. The van der Waals surface area contributed by atoms with Crippen LogP contribution in [0.5, 0.6) is 0 Å². The molecule has 0 N–H and O–H groups in total. The van der Waals surface area contributed by atoms with Gasteiger partial charge in [0.25, 0.3) is 0 Å². The minimum absolute atomic E-state index is 0.343. The van der Waals surface area contributed by atoms with Crippen molar-refractivity contribution < 1.29 is 0 Å². The van der Waals surface area contributed by atoms with E-state index in [0.29, 0.717) is 0 Å². The molecule has 0 aromatic carbocycles. The predicted octanol–water partition coefficient (Wildman–Crippen LogP) is 2.46. The second-order valence-electron chi connectivity index (χ2n) is 1.58. The van der Waals surface area contributed by atoms with Crippen LogP contribution in [0.15, 0.2) is 11.5 Å². The lowest BCUT2D eigenvalue weighted by atomic mass is 10.0. The highest BCUT2D eigenvalue weighted by molar-refractivity contribution is 7.36. The topological polar surface area (TPSA) is 0 Å². The summed E-state index contributed by atoms with van der Waals surface area (Å²) in [4.78, 5) is 0. The largest absolute Gasteiger partial charge is 0.375 e. The molecule has 0 fully saturated rings. The number of hydrogen-bond acceptors (Lipinski definition) is 0. The van der Waals surface area contributed by atoms with Gasteiger partial charge in [0.1, 0.15) is 0 Å². The highest BCUT2D eigenvalue weighted by Gasteiger charge is 1.96. The molecule has 0 nitrogen and oxygen atoms in total. The van der Waals surface area contributed by atoms with Gasteiger partial charge in [0.15, 0.2) is 0 Å². The van der Waals surface area contributed by atoms with E-state index >= 15 is 0 Å². The van der Waals surface area contributed by atoms with E-state index < -0.39 is 0 Å². The van der Waals surface area contributed by atoms with Crippen LogP contribution in [0, 0.1) is 0 Å². The zero-order chi connectivity index (χ0) is 5.86. The molecule has 0 unspecified atom stereocenters. The average Bonchev–Trinajstić information content (AvgIpc) is 1.27. The third-order valence-electron chi connectivity index (χ3n) is 0.459. The van der Waals surface area contributed by atoms with Crippen LogP contribution < -0.4 is 0 Å². The fourth-order valence-corrected chi connectivity index (χ4v) is 0.756. The lowest BCUT2D eigenvalue weighted by Crippen LogP contribution is -1.84. The molecule has 3 heteroatoms. The van der Waals surface area contributed by atoms with Crippen molar-refractivity contribution in [2.24, 2.45) is 0 Å². The standard InChI is InChI=1S/C4H7BCl2/c1-4(2)3-5(6)7/h3H,1-2H3. The van der Waals surface area contributed by atoms with E-state index in [1.54, 1.807) is 5.98 Å². The van der Waals surface area contributed by atoms with Gasteiger partial charge in [-0.15, -0.1) is 0 Å². The maximum absolute atomic E-state index is 5.36. The van der Waals surface area contributed by atoms with Crippen molar-refractivity contribution in [3.63, 3.8) is 0 Å². The van der Waals surface area contributed by atoms with E-state index in [4.69, 9.17) is 22.9 Å². The Labute approximate surface area is 54.4 Å². The van der Waals surface area contributed by atoms with E-state index in [2.05, 4.69) is 0 Å². The van der Waals surface area contributed by atoms with E-state index in [0.717, 1.165) is 5.57 Å². The van der Waals surface area contributed by atoms with Crippen LogP contribution in [0.3, 0.4) is 0 Å². The number of allylic oxidation sites excluding steroid dienone is 1. The van der Waals surface area contributed by atoms with Crippen molar-refractivity contribution in [2.75, 3.05) is 0 Å². The van der Waals surface area contributed by atoms with E-state index in [-0.39, 0.29) is 5.54 Å². The molecule has 0 saturated carbocycles. The molecule has 0 aromatic heterocycles. The van der Waals surface area contributed by atoms with Crippen LogP contribution in [-0.2, 0) is 0 Å². The Kier molecular flexibility index (Phi) is 3.58. The third-order valence-corrected chi connectivity index (χ3v) is 0.711. The Bertz CT molecular complexity index is 73.8. The van der Waals surface area contributed by atoms with E-state index in [1.807, 2.05) is 13.8 Å². The van der Waals surface area contributed by atoms with Crippen LogP contribution in [0.2, 0.25) is 0 Å². The monoisotopic (exact) mass is 136 g/mol. The molecule has 0 spiro atoms. The highest BCUT2D eigenvalue weighted by atomic mass is 35.5. The van der Waals surface area contributed by atoms with E-state index in [9.17, 15) is 0 Å². The van der Waals surface area contributed by atoms with Gasteiger partial charge in [-0.3, -0.25) is 0 Å². The molecule has 0 aliphatic rings. The Hall–Kier alpha value is 0.385. The van der Waals surface area contributed by atoms with Crippen LogP contribution >= 0.6 is 22.9 Å².